The van der Waals surface area contributed by atoms with E-state index in [-0.39, 0.29) is 37.5 Å². The highest BCUT2D eigenvalue weighted by molar-refractivity contribution is 5.71. The second-order valence-electron chi connectivity index (χ2n) is 20.2. The van der Waals surface area contributed by atoms with Crippen molar-refractivity contribution in [2.45, 2.75) is 264 Å². The van der Waals surface area contributed by atoms with Crippen LogP contribution in [0, 0.1) is 0 Å². The minimum atomic E-state index is -0.824. The van der Waals surface area contributed by atoms with Gasteiger partial charge in [0.05, 0.1) is 0 Å². The molecule has 0 aliphatic carbocycles. The smallest absolute Gasteiger partial charge is 0.306 e. The summed E-state index contributed by atoms with van der Waals surface area (Å²) in [5, 5.41) is 0. The molecular weight excluding hydrogens is 961 g/mol. The Morgan fingerprint density at radius 2 is 0.526 bits per heavy atom. The molecule has 0 aromatic heterocycles. The maximum Gasteiger partial charge on any atom is 0.306 e. The van der Waals surface area contributed by atoms with Gasteiger partial charge in [0.1, 0.15) is 13.2 Å². The molecule has 6 nitrogen and oxygen atoms in total. The van der Waals surface area contributed by atoms with Crippen molar-refractivity contribution in [3.63, 3.8) is 0 Å². The fourth-order valence-corrected chi connectivity index (χ4v) is 8.11. The van der Waals surface area contributed by atoms with Gasteiger partial charge in [0.15, 0.2) is 6.10 Å². The van der Waals surface area contributed by atoms with Gasteiger partial charge in [-0.15, -0.1) is 0 Å². The van der Waals surface area contributed by atoms with E-state index in [4.69, 9.17) is 14.2 Å². The van der Waals surface area contributed by atoms with E-state index in [1.165, 1.54) is 83.5 Å². The van der Waals surface area contributed by atoms with Crippen LogP contribution in [0.2, 0.25) is 0 Å². The molecule has 0 aromatic rings. The van der Waals surface area contributed by atoms with Gasteiger partial charge in [-0.3, -0.25) is 14.4 Å². The summed E-state index contributed by atoms with van der Waals surface area (Å²) >= 11 is 0. The summed E-state index contributed by atoms with van der Waals surface area (Å²) in [4.78, 5) is 38.2. The second kappa shape index (κ2) is 64.6. The average molecular weight is 1080 g/mol. The van der Waals surface area contributed by atoms with Crippen LogP contribution in [0.25, 0.3) is 0 Å². The lowest BCUT2D eigenvalue weighted by atomic mass is 10.1. The number of esters is 3. The number of unbranched alkanes of at least 4 members (excludes halogenated alkanes) is 18. The lowest BCUT2D eigenvalue weighted by Crippen LogP contribution is -2.30. The first-order chi connectivity index (χ1) is 38.5. The molecule has 0 bridgehead atoms. The Hall–Kier alpha value is -4.97. The first-order valence-electron chi connectivity index (χ1n) is 31.5. The molecule has 0 aromatic carbocycles. The molecule has 0 rings (SSSR count). The van der Waals surface area contributed by atoms with Gasteiger partial charge in [-0.25, -0.2) is 0 Å². The number of hydrogen-bond donors (Lipinski definition) is 0. The second-order valence-corrected chi connectivity index (χ2v) is 20.2. The number of carbonyl (C=O) groups is 3. The van der Waals surface area contributed by atoms with Crippen molar-refractivity contribution in [1.82, 2.24) is 0 Å². The van der Waals surface area contributed by atoms with Crippen molar-refractivity contribution >= 4 is 17.9 Å². The van der Waals surface area contributed by atoms with Gasteiger partial charge < -0.3 is 14.2 Å². The Morgan fingerprint density at radius 1 is 0.269 bits per heavy atom. The zero-order chi connectivity index (χ0) is 56.4. The normalized spacial score (nSPS) is 13.2. The fraction of sp³-hybridized carbons (Fsp3) is 0.597. The van der Waals surface area contributed by atoms with Crippen LogP contribution in [-0.4, -0.2) is 37.2 Å². The van der Waals surface area contributed by atoms with E-state index in [9.17, 15) is 14.4 Å². The van der Waals surface area contributed by atoms with Gasteiger partial charge in [0.2, 0.25) is 0 Å². The maximum atomic E-state index is 12.9. The predicted molar refractivity (Wildman–Crippen MR) is 338 cm³/mol. The molecule has 0 amide bonds. The molecule has 0 saturated carbocycles. The van der Waals surface area contributed by atoms with Crippen molar-refractivity contribution in [2.75, 3.05) is 13.2 Å². The summed E-state index contributed by atoms with van der Waals surface area (Å²) in [6.07, 6.45) is 94.0. The first kappa shape index (κ1) is 73.0. The maximum absolute atomic E-state index is 12.9. The summed E-state index contributed by atoms with van der Waals surface area (Å²) in [6.45, 7) is 6.31. The Kier molecular flexibility index (Phi) is 60.4. The Morgan fingerprint density at radius 3 is 0.859 bits per heavy atom. The van der Waals surface area contributed by atoms with Gasteiger partial charge >= 0.3 is 17.9 Å². The third kappa shape index (κ3) is 61.9. The predicted octanol–water partition coefficient (Wildman–Crippen LogP) is 21.7. The molecule has 0 fully saturated rings. The molecule has 1 unspecified atom stereocenters. The summed E-state index contributed by atoms with van der Waals surface area (Å²) < 4.78 is 16.8. The number of rotatable bonds is 55. The lowest BCUT2D eigenvalue weighted by Gasteiger charge is -2.18. The molecule has 0 N–H and O–H groups in total. The molecule has 78 heavy (non-hydrogen) atoms. The fourth-order valence-electron chi connectivity index (χ4n) is 8.11. The van der Waals surface area contributed by atoms with E-state index >= 15 is 0 Å². The molecule has 0 aliphatic heterocycles. The molecule has 0 heterocycles. The highest BCUT2D eigenvalue weighted by Gasteiger charge is 2.19. The number of carbonyl (C=O) groups excluding carboxylic acids is 3. The summed E-state index contributed by atoms with van der Waals surface area (Å²) in [6, 6.07) is 0. The van der Waals surface area contributed by atoms with Gasteiger partial charge in [0, 0.05) is 19.3 Å². The van der Waals surface area contributed by atoms with Crippen LogP contribution in [0.5, 0.6) is 0 Å². The number of hydrogen-bond acceptors (Lipinski definition) is 6. The van der Waals surface area contributed by atoms with Crippen LogP contribution < -0.4 is 0 Å². The number of allylic oxidation sites excluding steroid dienone is 26. The summed E-state index contributed by atoms with van der Waals surface area (Å²) in [7, 11) is 0. The van der Waals surface area contributed by atoms with E-state index in [1.807, 2.05) is 12.2 Å². The van der Waals surface area contributed by atoms with Crippen molar-refractivity contribution < 1.29 is 28.6 Å². The van der Waals surface area contributed by atoms with E-state index in [1.54, 1.807) is 0 Å². The zero-order valence-electron chi connectivity index (χ0n) is 50.1. The molecule has 438 valence electrons. The zero-order valence-corrected chi connectivity index (χ0v) is 50.1. The standard InChI is InChI=1S/C72H114O6/c1-4-7-10-13-16-19-22-25-27-29-31-32-33-34-35-36-37-38-39-40-41-43-44-47-50-53-56-59-62-65-71(74)77-68-69(67-76-70(73)64-61-58-55-52-49-46-24-21-18-15-12-9-6-3)78-72(75)66-63-60-57-54-51-48-45-42-30-28-26-23-20-17-14-11-8-5-2/h7,9-10,12,16,18-21,23,25,27-28,30-32,34-35,37-38,40-41,46,49,55,58,69H,4-6,8,11,13-15,17,22,24,26,29,33,36,39,42-45,47-48,50-54,56-57,59-68H2,1-3H3/b10-7-,12-9-,19-16-,21-18-,23-20-,27-25-,30-28-,32-31-,35-34-,38-37-,41-40-,49-46-,58-55-. The topological polar surface area (TPSA) is 78.9 Å². The molecule has 1 atom stereocenters. The minimum Gasteiger partial charge on any atom is -0.462 e. The van der Waals surface area contributed by atoms with Crippen molar-refractivity contribution in [3.05, 3.63) is 158 Å². The van der Waals surface area contributed by atoms with Crippen LogP contribution in [0.3, 0.4) is 0 Å². The molecular formula is C72H114O6. The van der Waals surface area contributed by atoms with Gasteiger partial charge in [0.25, 0.3) is 0 Å². The van der Waals surface area contributed by atoms with E-state index in [2.05, 4.69) is 167 Å². The van der Waals surface area contributed by atoms with E-state index < -0.39 is 6.10 Å². The Labute approximate surface area is 480 Å². The van der Waals surface area contributed by atoms with Gasteiger partial charge in [-0.1, -0.05) is 262 Å². The summed E-state index contributed by atoms with van der Waals surface area (Å²) in [5.74, 6) is -1.02. The SMILES string of the molecule is CC/C=C\C/C=C\C/C=C\C/C=C\C/C=C\C/C=C\C/C=C\CCCCCCCCCC(=O)OCC(COC(=O)CC/C=C\C/C=C\C/C=C\C/C=C\CC)OC(=O)CCCCCCCCC/C=C\C/C=C\CCCCCC. The quantitative estimate of drug-likeness (QED) is 0.0261. The number of ether oxygens (including phenoxy) is 3. The molecule has 0 aliphatic rings. The van der Waals surface area contributed by atoms with Crippen molar-refractivity contribution in [1.29, 1.82) is 0 Å². The van der Waals surface area contributed by atoms with E-state index in [0.29, 0.717) is 19.3 Å². The summed E-state index contributed by atoms with van der Waals surface area (Å²) in [5.41, 5.74) is 0. The highest BCUT2D eigenvalue weighted by Crippen LogP contribution is 2.14. The molecule has 0 saturated heterocycles. The average Bonchev–Trinajstić information content (AvgIpc) is 3.44. The Balaban J connectivity index is 4.41. The van der Waals surface area contributed by atoms with Gasteiger partial charge in [-0.2, -0.15) is 0 Å². The molecule has 0 spiro atoms. The highest BCUT2D eigenvalue weighted by atomic mass is 16.6. The van der Waals surface area contributed by atoms with Crippen LogP contribution in [0.15, 0.2) is 158 Å². The third-order valence-electron chi connectivity index (χ3n) is 12.8. The molecule has 6 heteroatoms. The van der Waals surface area contributed by atoms with Crippen LogP contribution in [-0.2, 0) is 28.6 Å². The monoisotopic (exact) mass is 1070 g/mol. The largest absolute Gasteiger partial charge is 0.462 e. The van der Waals surface area contributed by atoms with Crippen LogP contribution in [0.1, 0.15) is 258 Å². The van der Waals surface area contributed by atoms with Gasteiger partial charge in [-0.05, 0) is 135 Å². The van der Waals surface area contributed by atoms with Crippen LogP contribution >= 0.6 is 0 Å². The van der Waals surface area contributed by atoms with Crippen molar-refractivity contribution in [3.8, 4) is 0 Å². The third-order valence-corrected chi connectivity index (χ3v) is 12.8. The Bertz CT molecular complexity index is 1760. The molecule has 0 radical (unpaired) electrons. The lowest BCUT2D eigenvalue weighted by molar-refractivity contribution is -0.166. The minimum absolute atomic E-state index is 0.116. The van der Waals surface area contributed by atoms with E-state index in [0.717, 1.165) is 128 Å². The van der Waals surface area contributed by atoms with Crippen molar-refractivity contribution in [2.24, 2.45) is 0 Å². The van der Waals surface area contributed by atoms with Crippen LogP contribution in [0.4, 0.5) is 0 Å². The first-order valence-corrected chi connectivity index (χ1v) is 31.5.